The number of aromatic carboxylic acids is 1. The number of ether oxygens (including phenoxy) is 1. The molecule has 3 aromatic rings. The van der Waals surface area contributed by atoms with Crippen LogP contribution in [0.5, 0.6) is 0 Å². The number of carboxylic acids is 1. The van der Waals surface area contributed by atoms with E-state index in [1.807, 2.05) is 24.4 Å². The Morgan fingerprint density at radius 1 is 0.886 bits per heavy atom. The summed E-state index contributed by atoms with van der Waals surface area (Å²) in [6.45, 7) is 4.38. The minimum atomic E-state index is -0.938. The fourth-order valence-corrected chi connectivity index (χ4v) is 7.02. The first-order valence-electron chi connectivity index (χ1n) is 12.5. The van der Waals surface area contributed by atoms with Gasteiger partial charge in [0.1, 0.15) is 5.00 Å². The number of hydrogen-bond donors (Lipinski definition) is 2. The normalized spacial score (nSPS) is 11.0. The van der Waals surface area contributed by atoms with Gasteiger partial charge in [0, 0.05) is 4.88 Å². The van der Waals surface area contributed by atoms with E-state index < -0.39 is 5.97 Å². The monoisotopic (exact) mass is 533 g/mol. The van der Waals surface area contributed by atoms with Gasteiger partial charge in [-0.15, -0.1) is 34.0 Å². The molecule has 0 saturated heterocycles. The Bertz CT molecular complexity index is 1080. The molecule has 35 heavy (non-hydrogen) atoms. The molecule has 8 heteroatoms. The number of esters is 1. The number of thiophene rings is 3. The highest BCUT2D eigenvalue weighted by atomic mass is 32.1. The summed E-state index contributed by atoms with van der Waals surface area (Å²) >= 11 is 4.48. The molecule has 0 aliphatic carbocycles. The number of carbonyl (C=O) groups is 2. The SMILES string of the molecule is CCCCCCCCCCCc1cc(C(=O)OCC)c(Nc2ccsc2-c2sccc2C(=O)O)s1. The fraction of sp³-hybridized carbons (Fsp3) is 0.481. The standard InChI is InChI=1S/C27H35NO4S3/c1-3-5-6-7-8-9-10-11-12-13-19-18-21(27(31)32-4-2)25(35-19)28-22-15-17-34-24(22)23-20(26(29)30)14-16-33-23/h14-18,28H,3-13H2,1-2H3,(H,29,30). The topological polar surface area (TPSA) is 75.6 Å². The fourth-order valence-electron chi connectivity index (χ4n) is 3.99. The van der Waals surface area contributed by atoms with Crippen molar-refractivity contribution in [2.75, 3.05) is 11.9 Å². The molecule has 0 saturated carbocycles. The lowest BCUT2D eigenvalue weighted by atomic mass is 10.1. The highest BCUT2D eigenvalue weighted by molar-refractivity contribution is 7.21. The van der Waals surface area contributed by atoms with E-state index in [0.29, 0.717) is 17.7 Å². The molecule has 0 aliphatic rings. The third-order valence-corrected chi connectivity index (χ3v) is 8.92. The average molecular weight is 534 g/mol. The van der Waals surface area contributed by atoms with E-state index in [2.05, 4.69) is 12.2 Å². The van der Waals surface area contributed by atoms with E-state index in [9.17, 15) is 14.7 Å². The summed E-state index contributed by atoms with van der Waals surface area (Å²) in [6.07, 6.45) is 12.5. The average Bonchev–Trinajstić information content (AvgIpc) is 3.58. The van der Waals surface area contributed by atoms with Crippen LogP contribution in [0.3, 0.4) is 0 Å². The summed E-state index contributed by atoms with van der Waals surface area (Å²) in [4.78, 5) is 27.0. The molecule has 0 radical (unpaired) electrons. The van der Waals surface area contributed by atoms with Crippen molar-refractivity contribution in [3.8, 4) is 9.75 Å². The van der Waals surface area contributed by atoms with Crippen LogP contribution in [0.25, 0.3) is 9.75 Å². The highest BCUT2D eigenvalue weighted by Crippen LogP contribution is 2.42. The second-order valence-corrected chi connectivity index (χ2v) is 11.5. The molecule has 0 aromatic carbocycles. The van der Waals surface area contributed by atoms with Crippen molar-refractivity contribution in [2.45, 2.75) is 78.1 Å². The van der Waals surface area contributed by atoms with Gasteiger partial charge in [-0.05, 0) is 48.7 Å². The Kier molecular flexibility index (Phi) is 11.3. The first-order chi connectivity index (χ1) is 17.0. The molecule has 0 unspecified atom stereocenters. The van der Waals surface area contributed by atoms with Gasteiger partial charge in [-0.2, -0.15) is 0 Å². The number of carbonyl (C=O) groups excluding carboxylic acids is 1. The van der Waals surface area contributed by atoms with Crippen LogP contribution in [0.15, 0.2) is 29.0 Å². The van der Waals surface area contributed by atoms with Crippen molar-refractivity contribution in [3.05, 3.63) is 45.0 Å². The minimum absolute atomic E-state index is 0.295. The molecule has 190 valence electrons. The lowest BCUT2D eigenvalue weighted by Gasteiger charge is -2.08. The number of unbranched alkanes of at least 4 members (excludes halogenated alkanes) is 8. The largest absolute Gasteiger partial charge is 0.478 e. The van der Waals surface area contributed by atoms with Crippen molar-refractivity contribution in [1.29, 1.82) is 0 Å². The van der Waals surface area contributed by atoms with E-state index in [1.165, 1.54) is 74.0 Å². The van der Waals surface area contributed by atoms with E-state index in [-0.39, 0.29) is 5.97 Å². The first kappa shape index (κ1) is 27.4. The Morgan fingerprint density at radius 3 is 2.23 bits per heavy atom. The van der Waals surface area contributed by atoms with Crippen molar-refractivity contribution in [2.24, 2.45) is 0 Å². The molecule has 2 N–H and O–H groups in total. The van der Waals surface area contributed by atoms with E-state index in [0.717, 1.165) is 38.2 Å². The van der Waals surface area contributed by atoms with Gasteiger partial charge in [-0.1, -0.05) is 58.3 Å². The van der Waals surface area contributed by atoms with Gasteiger partial charge in [0.15, 0.2) is 0 Å². The number of rotatable bonds is 16. The second kappa shape index (κ2) is 14.4. The third kappa shape index (κ3) is 7.92. The lowest BCUT2D eigenvalue weighted by molar-refractivity contribution is 0.0527. The Morgan fingerprint density at radius 2 is 1.54 bits per heavy atom. The van der Waals surface area contributed by atoms with Crippen LogP contribution in [-0.4, -0.2) is 23.7 Å². The number of nitrogens with one attached hydrogen (secondary N) is 1. The zero-order valence-corrected chi connectivity index (χ0v) is 23.0. The number of carboxylic acid groups (broad SMARTS) is 1. The van der Waals surface area contributed by atoms with Gasteiger partial charge in [0.25, 0.3) is 0 Å². The molecule has 0 fully saturated rings. The second-order valence-electron chi connectivity index (χ2n) is 8.51. The predicted octanol–water partition coefficient (Wildman–Crippen LogP) is 9.23. The molecular weight excluding hydrogens is 499 g/mol. The molecule has 3 rings (SSSR count). The van der Waals surface area contributed by atoms with Crippen molar-refractivity contribution in [3.63, 3.8) is 0 Å². The van der Waals surface area contributed by atoms with E-state index in [1.54, 1.807) is 22.8 Å². The smallest absolute Gasteiger partial charge is 0.341 e. The molecule has 0 amide bonds. The third-order valence-electron chi connectivity index (χ3n) is 5.82. The Balaban J connectivity index is 1.65. The summed E-state index contributed by atoms with van der Waals surface area (Å²) in [7, 11) is 0. The lowest BCUT2D eigenvalue weighted by Crippen LogP contribution is -2.05. The number of aryl methyl sites for hydroxylation is 1. The number of hydrogen-bond acceptors (Lipinski definition) is 7. The Hall–Kier alpha value is -2.16. The van der Waals surface area contributed by atoms with Crippen LogP contribution < -0.4 is 5.32 Å². The van der Waals surface area contributed by atoms with Gasteiger partial charge in [-0.3, -0.25) is 0 Å². The van der Waals surface area contributed by atoms with Crippen LogP contribution in [0.2, 0.25) is 0 Å². The van der Waals surface area contributed by atoms with Gasteiger partial charge >= 0.3 is 11.9 Å². The van der Waals surface area contributed by atoms with Crippen LogP contribution in [0, 0.1) is 0 Å². The van der Waals surface area contributed by atoms with Gasteiger partial charge in [0.2, 0.25) is 0 Å². The zero-order valence-electron chi connectivity index (χ0n) is 20.6. The van der Waals surface area contributed by atoms with Crippen LogP contribution in [0.1, 0.15) is 97.2 Å². The maximum Gasteiger partial charge on any atom is 0.341 e. The van der Waals surface area contributed by atoms with Gasteiger partial charge in [0.05, 0.1) is 33.2 Å². The van der Waals surface area contributed by atoms with Crippen molar-refractivity contribution in [1.82, 2.24) is 0 Å². The Labute approximate surface area is 220 Å². The highest BCUT2D eigenvalue weighted by Gasteiger charge is 2.21. The predicted molar refractivity (Wildman–Crippen MR) is 149 cm³/mol. The first-order valence-corrected chi connectivity index (χ1v) is 15.1. The van der Waals surface area contributed by atoms with Crippen molar-refractivity contribution >= 4 is 56.6 Å². The minimum Gasteiger partial charge on any atom is -0.478 e. The number of anilines is 2. The quantitative estimate of drug-likeness (QED) is 0.142. The summed E-state index contributed by atoms with van der Waals surface area (Å²) < 4.78 is 5.31. The summed E-state index contributed by atoms with van der Waals surface area (Å²) in [5.41, 5.74) is 1.65. The summed E-state index contributed by atoms with van der Waals surface area (Å²) in [6, 6.07) is 5.51. The molecular formula is C27H35NO4S3. The van der Waals surface area contributed by atoms with Gasteiger partial charge in [-0.25, -0.2) is 9.59 Å². The van der Waals surface area contributed by atoms with Crippen molar-refractivity contribution < 1.29 is 19.4 Å². The zero-order chi connectivity index (χ0) is 25.0. The maximum absolute atomic E-state index is 12.7. The summed E-state index contributed by atoms with van der Waals surface area (Å²) in [5.74, 6) is -1.27. The molecule has 3 aromatic heterocycles. The molecule has 0 bridgehead atoms. The van der Waals surface area contributed by atoms with Crippen LogP contribution >= 0.6 is 34.0 Å². The molecule has 0 spiro atoms. The van der Waals surface area contributed by atoms with E-state index in [4.69, 9.17) is 4.74 Å². The molecule has 0 aliphatic heterocycles. The van der Waals surface area contributed by atoms with Gasteiger partial charge < -0.3 is 15.2 Å². The summed E-state index contributed by atoms with van der Waals surface area (Å²) in [5, 5.41) is 17.4. The molecule has 5 nitrogen and oxygen atoms in total. The molecule has 0 atom stereocenters. The van der Waals surface area contributed by atoms with Crippen LogP contribution in [0.4, 0.5) is 10.7 Å². The van der Waals surface area contributed by atoms with Crippen LogP contribution in [-0.2, 0) is 11.2 Å². The maximum atomic E-state index is 12.7. The van der Waals surface area contributed by atoms with E-state index >= 15 is 0 Å². The molecule has 3 heterocycles.